The maximum absolute atomic E-state index is 14.4. The smallest absolute Gasteiger partial charge is 0.342 e. The van der Waals surface area contributed by atoms with Crippen LogP contribution in [-0.2, 0) is 32.9 Å². The Morgan fingerprint density at radius 1 is 1.09 bits per heavy atom. The topological polar surface area (TPSA) is 205 Å². The van der Waals surface area contributed by atoms with Crippen LogP contribution in [0.3, 0.4) is 0 Å². The van der Waals surface area contributed by atoms with E-state index in [9.17, 15) is 24.4 Å². The number of aromatic nitrogens is 4. The van der Waals surface area contributed by atoms with Gasteiger partial charge in [-0.15, -0.1) is 0 Å². The van der Waals surface area contributed by atoms with E-state index in [2.05, 4.69) is 25.1 Å². The number of carbonyl (C=O) groups is 2. The van der Waals surface area contributed by atoms with Crippen molar-refractivity contribution in [2.45, 2.75) is 91.5 Å². The average molecular weight is 645 g/mol. The predicted molar refractivity (Wildman–Crippen MR) is 158 cm³/mol. The minimum atomic E-state index is -4.28. The number of hydrogen-bond donors (Lipinski definition) is 4. The number of hydrogen-bond acceptors (Lipinski definition) is 13. The van der Waals surface area contributed by atoms with Crippen LogP contribution in [0.25, 0.3) is 11.2 Å². The fourth-order valence-electron chi connectivity index (χ4n) is 4.75. The Bertz CT molecular complexity index is 1320. The number of fused-ring (bicyclic) bond motifs is 1. The Morgan fingerprint density at radius 3 is 2.11 bits per heavy atom. The number of esters is 2. The van der Waals surface area contributed by atoms with Crippen LogP contribution in [0, 0.1) is 18.8 Å². The van der Waals surface area contributed by atoms with Crippen LogP contribution in [0.15, 0.2) is 6.33 Å². The van der Waals surface area contributed by atoms with Gasteiger partial charge in [0.15, 0.2) is 17.4 Å². The number of ether oxygens (including phenoxy) is 4. The van der Waals surface area contributed by atoms with Gasteiger partial charge in [0.1, 0.15) is 35.7 Å². The van der Waals surface area contributed by atoms with E-state index in [1.165, 1.54) is 24.9 Å². The highest BCUT2D eigenvalue weighted by atomic mass is 31.2. The molecule has 2 aromatic heterocycles. The van der Waals surface area contributed by atoms with Gasteiger partial charge in [-0.1, -0.05) is 27.7 Å². The monoisotopic (exact) mass is 644 g/mol. The molecule has 248 valence electrons. The number of nitrogens with zero attached hydrogens (tertiary/aromatic N) is 4. The fraction of sp³-hybridized carbons (Fsp3) is 0.741. The van der Waals surface area contributed by atoms with E-state index in [4.69, 9.17) is 23.5 Å². The van der Waals surface area contributed by atoms with Crippen molar-refractivity contribution in [1.82, 2.24) is 29.7 Å². The molecule has 1 unspecified atom stereocenters. The molecule has 16 nitrogen and oxygen atoms in total. The summed E-state index contributed by atoms with van der Waals surface area (Å²) < 4.78 is 43.4. The molecule has 0 bridgehead atoms. The second kappa shape index (κ2) is 14.6. The van der Waals surface area contributed by atoms with Gasteiger partial charge in [-0.2, -0.15) is 4.98 Å². The summed E-state index contributed by atoms with van der Waals surface area (Å²) in [6.07, 6.45) is -2.56. The first-order valence-corrected chi connectivity index (χ1v) is 16.2. The maximum atomic E-state index is 14.4. The Balaban J connectivity index is 1.93. The van der Waals surface area contributed by atoms with Crippen molar-refractivity contribution < 1.29 is 47.8 Å². The second-order valence-electron chi connectivity index (χ2n) is 11.4. The van der Waals surface area contributed by atoms with Gasteiger partial charge in [0, 0.05) is 0 Å². The van der Waals surface area contributed by atoms with Crippen LogP contribution in [0.4, 0.5) is 0 Å². The van der Waals surface area contributed by atoms with Gasteiger partial charge in [0.25, 0.3) is 0 Å². The summed E-state index contributed by atoms with van der Waals surface area (Å²) in [7, 11) is -2.84. The number of carbonyl (C=O) groups excluding carboxylic acids is 2. The molecule has 6 atom stereocenters. The SMILES string of the molecule is CCOC(=O)[C@@H](NP(=O)(N[C@H](C(=O)OCC)C(C)C)OC[C@H]1O[C@@H](n2cnc3c(OC)nc(C)nc32)[C@@](C)(O)C1O)C(C)C. The molecular formula is C27H45N6O10P. The van der Waals surface area contributed by atoms with Gasteiger partial charge in [-0.3, -0.25) is 18.7 Å². The Labute approximate surface area is 256 Å². The highest BCUT2D eigenvalue weighted by Crippen LogP contribution is 2.45. The lowest BCUT2D eigenvalue weighted by atomic mass is 9.96. The Kier molecular flexibility index (Phi) is 11.9. The van der Waals surface area contributed by atoms with E-state index < -0.39 is 62.3 Å². The number of nitrogens with one attached hydrogen (secondary N) is 2. The standard InChI is InChI=1S/C27H45N6O10P/c1-10-40-24(35)18(14(3)4)31-44(38,32-19(15(5)6)25(36)41-11-2)42-12-17-21(34)27(8,37)26(43-17)33-13-28-20-22(33)29-16(7)30-23(20)39-9/h13-15,17-19,21,26,34,37H,10-12H2,1-9H3,(H2,31,32,38)/t17-,18+,19+,21?,26-,27+/m1/s1. The van der Waals surface area contributed by atoms with Crippen LogP contribution >= 0.6 is 7.67 Å². The quantitative estimate of drug-likeness (QED) is 0.161. The first kappa shape index (κ1) is 35.8. The summed E-state index contributed by atoms with van der Waals surface area (Å²) in [6, 6.07) is -2.16. The summed E-state index contributed by atoms with van der Waals surface area (Å²) in [5, 5.41) is 28.0. The number of imidazole rings is 1. The van der Waals surface area contributed by atoms with Gasteiger partial charge in [0.05, 0.1) is 33.3 Å². The first-order valence-electron chi connectivity index (χ1n) is 14.5. The zero-order valence-corrected chi connectivity index (χ0v) is 27.5. The molecule has 1 saturated heterocycles. The van der Waals surface area contributed by atoms with Crippen molar-refractivity contribution in [2.75, 3.05) is 26.9 Å². The fourth-order valence-corrected chi connectivity index (χ4v) is 6.87. The lowest BCUT2D eigenvalue weighted by molar-refractivity contribution is -0.146. The molecule has 1 fully saturated rings. The van der Waals surface area contributed by atoms with Crippen LogP contribution in [0.2, 0.25) is 0 Å². The van der Waals surface area contributed by atoms with Gasteiger partial charge in [-0.05, 0) is 39.5 Å². The summed E-state index contributed by atoms with van der Waals surface area (Å²) >= 11 is 0. The third kappa shape index (κ3) is 7.73. The van der Waals surface area contributed by atoms with Gasteiger partial charge < -0.3 is 33.7 Å². The number of aliphatic hydroxyl groups is 2. The third-order valence-electron chi connectivity index (χ3n) is 7.15. The van der Waals surface area contributed by atoms with Crippen molar-refractivity contribution in [3.8, 4) is 5.88 Å². The average Bonchev–Trinajstić information content (AvgIpc) is 3.46. The van der Waals surface area contributed by atoms with Crippen molar-refractivity contribution in [3.05, 3.63) is 12.2 Å². The van der Waals surface area contributed by atoms with E-state index >= 15 is 0 Å². The van der Waals surface area contributed by atoms with E-state index in [1.807, 2.05) is 0 Å². The summed E-state index contributed by atoms with van der Waals surface area (Å²) in [5.41, 5.74) is -1.26. The Hall–Kier alpha value is -2.72. The van der Waals surface area contributed by atoms with E-state index in [1.54, 1.807) is 48.5 Å². The van der Waals surface area contributed by atoms with Crippen LogP contribution in [0.5, 0.6) is 5.88 Å². The predicted octanol–water partition coefficient (Wildman–Crippen LogP) is 1.63. The van der Waals surface area contributed by atoms with E-state index in [0.717, 1.165) is 0 Å². The Morgan fingerprint density at radius 2 is 1.64 bits per heavy atom. The van der Waals surface area contributed by atoms with Crippen molar-refractivity contribution >= 4 is 30.8 Å². The second-order valence-corrected chi connectivity index (χ2v) is 13.2. The van der Waals surface area contributed by atoms with Gasteiger partial charge in [-0.25, -0.2) is 20.1 Å². The zero-order chi connectivity index (χ0) is 33.0. The molecule has 44 heavy (non-hydrogen) atoms. The van der Waals surface area contributed by atoms with E-state index in [-0.39, 0.29) is 30.9 Å². The highest BCUT2D eigenvalue weighted by molar-refractivity contribution is 7.54. The molecule has 1 aliphatic heterocycles. The number of rotatable bonds is 15. The zero-order valence-electron chi connectivity index (χ0n) is 26.6. The third-order valence-corrected chi connectivity index (χ3v) is 8.90. The molecule has 0 aromatic carbocycles. The normalized spacial score (nSPS) is 23.7. The summed E-state index contributed by atoms with van der Waals surface area (Å²) in [4.78, 5) is 38.4. The maximum Gasteiger partial charge on any atom is 0.342 e. The van der Waals surface area contributed by atoms with Gasteiger partial charge in [0.2, 0.25) is 5.88 Å². The molecule has 3 rings (SSSR count). The highest BCUT2D eigenvalue weighted by Gasteiger charge is 2.54. The molecular weight excluding hydrogens is 599 g/mol. The number of aliphatic hydroxyl groups excluding tert-OH is 1. The molecule has 0 amide bonds. The molecule has 0 saturated carbocycles. The minimum absolute atomic E-state index is 0.0948. The lowest BCUT2D eigenvalue weighted by Gasteiger charge is -2.31. The van der Waals surface area contributed by atoms with Crippen molar-refractivity contribution in [1.29, 1.82) is 0 Å². The van der Waals surface area contributed by atoms with Crippen LogP contribution < -0.4 is 14.9 Å². The van der Waals surface area contributed by atoms with Crippen LogP contribution in [0.1, 0.15) is 60.5 Å². The van der Waals surface area contributed by atoms with E-state index in [0.29, 0.717) is 17.0 Å². The molecule has 17 heteroatoms. The van der Waals surface area contributed by atoms with Crippen molar-refractivity contribution in [3.63, 3.8) is 0 Å². The summed E-state index contributed by atoms with van der Waals surface area (Å²) in [5.74, 6) is -1.48. The molecule has 0 aliphatic carbocycles. The molecule has 4 N–H and O–H groups in total. The first-order chi connectivity index (χ1) is 20.6. The largest absolute Gasteiger partial charge is 0.479 e. The molecule has 0 radical (unpaired) electrons. The van der Waals surface area contributed by atoms with Gasteiger partial charge >= 0.3 is 19.6 Å². The van der Waals surface area contributed by atoms with Crippen LogP contribution in [-0.4, -0.2) is 98.5 Å². The summed E-state index contributed by atoms with van der Waals surface area (Å²) in [6.45, 7) is 12.9. The molecule has 2 aromatic rings. The van der Waals surface area contributed by atoms with Crippen molar-refractivity contribution in [2.24, 2.45) is 11.8 Å². The number of methoxy groups -OCH3 is 1. The molecule has 1 aliphatic rings. The number of aryl methyl sites for hydroxylation is 1. The molecule has 3 heterocycles. The minimum Gasteiger partial charge on any atom is -0.479 e. The lowest BCUT2D eigenvalue weighted by Crippen LogP contribution is -2.49. The molecule has 0 spiro atoms.